The van der Waals surface area contributed by atoms with Gasteiger partial charge in [0.1, 0.15) is 12.4 Å². The molecule has 176 valence electrons. The number of carbonyl (C=O) groups is 2. The number of benzene rings is 3. The van der Waals surface area contributed by atoms with E-state index in [-0.39, 0.29) is 12.3 Å². The highest BCUT2D eigenvalue weighted by molar-refractivity contribution is 9.10. The highest BCUT2D eigenvalue weighted by Gasteiger charge is 2.15. The molecule has 0 unspecified atom stereocenters. The van der Waals surface area contributed by atoms with Gasteiger partial charge in [0.25, 0.3) is 0 Å². The van der Waals surface area contributed by atoms with E-state index in [1.54, 1.807) is 36.4 Å². The fourth-order valence-electron chi connectivity index (χ4n) is 2.66. The number of methoxy groups -OCH3 is 1. The molecule has 0 aliphatic rings. The Kier molecular flexibility index (Phi) is 8.86. The van der Waals surface area contributed by atoms with Crippen molar-refractivity contribution in [3.05, 3.63) is 86.1 Å². The van der Waals surface area contributed by atoms with Crippen LogP contribution in [0.5, 0.6) is 11.5 Å². The third-order valence-corrected chi connectivity index (χ3v) is 5.43. The maximum atomic E-state index is 13.8. The number of hydrogen-bond donors (Lipinski definition) is 2. The van der Waals surface area contributed by atoms with Crippen LogP contribution in [0.15, 0.2) is 64.2 Å². The second kappa shape index (κ2) is 11.8. The monoisotopic (exact) mass is 567 g/mol. The number of nitrogens with one attached hydrogen (secondary N) is 2. The average molecular weight is 569 g/mol. The maximum absolute atomic E-state index is 13.8. The summed E-state index contributed by atoms with van der Waals surface area (Å²) >= 11 is 15.2. The Morgan fingerprint density at radius 1 is 1.06 bits per heavy atom. The summed E-state index contributed by atoms with van der Waals surface area (Å²) in [5, 5.41) is 6.93. The van der Waals surface area contributed by atoms with E-state index in [9.17, 15) is 14.0 Å². The molecule has 0 bridgehead atoms. The van der Waals surface area contributed by atoms with Gasteiger partial charge in [0, 0.05) is 20.1 Å². The van der Waals surface area contributed by atoms with Gasteiger partial charge in [0.2, 0.25) is 0 Å². The number of nitrogens with zero attached hydrogens (tertiary/aromatic N) is 1. The van der Waals surface area contributed by atoms with E-state index in [0.29, 0.717) is 31.6 Å². The Hall–Kier alpha value is -3.14. The number of rotatable bonds is 7. The number of halogens is 4. The summed E-state index contributed by atoms with van der Waals surface area (Å²) in [4.78, 5) is 23.9. The summed E-state index contributed by atoms with van der Waals surface area (Å²) in [6, 6.07) is 14.1. The van der Waals surface area contributed by atoms with Gasteiger partial charge in [0.05, 0.1) is 19.0 Å². The van der Waals surface area contributed by atoms with Crippen molar-refractivity contribution >= 4 is 62.8 Å². The highest BCUT2D eigenvalue weighted by atomic mass is 79.9. The van der Waals surface area contributed by atoms with Gasteiger partial charge in [-0.25, -0.2) is 9.82 Å². The van der Waals surface area contributed by atoms with Gasteiger partial charge < -0.3 is 14.8 Å². The molecule has 0 aliphatic heterocycles. The summed E-state index contributed by atoms with van der Waals surface area (Å²) < 4.78 is 25.4. The Balaban J connectivity index is 1.58. The van der Waals surface area contributed by atoms with Gasteiger partial charge in [-0.05, 0) is 54.1 Å². The smallest absolute Gasteiger partial charge is 0.329 e. The van der Waals surface area contributed by atoms with E-state index in [0.717, 1.165) is 11.6 Å². The first-order valence-electron chi connectivity index (χ1n) is 9.61. The third-order valence-electron chi connectivity index (χ3n) is 4.35. The fourth-order valence-corrected chi connectivity index (χ4v) is 3.46. The molecule has 2 amide bonds. The third kappa shape index (κ3) is 6.93. The van der Waals surface area contributed by atoms with Gasteiger partial charge in [-0.1, -0.05) is 45.2 Å². The zero-order valence-corrected chi connectivity index (χ0v) is 20.7. The molecule has 0 radical (unpaired) electrons. The molecule has 3 aromatic rings. The lowest BCUT2D eigenvalue weighted by atomic mass is 10.2. The quantitative estimate of drug-likeness (QED) is 0.221. The minimum atomic E-state index is -1.07. The summed E-state index contributed by atoms with van der Waals surface area (Å²) in [6.07, 6.45) is 1.31. The second-order valence-corrected chi connectivity index (χ2v) is 8.47. The first-order valence-corrected chi connectivity index (χ1v) is 11.2. The SMILES string of the molecule is COc1cc(C=NNC(=O)C(=O)Nc2ccc(Br)cc2F)ccc1OCc1ccc(Cl)cc1Cl. The number of hydrazone groups is 1. The Morgan fingerprint density at radius 2 is 1.85 bits per heavy atom. The first kappa shape index (κ1) is 25.5. The van der Waals surface area contributed by atoms with Crippen molar-refractivity contribution in [1.82, 2.24) is 5.43 Å². The predicted molar refractivity (Wildman–Crippen MR) is 132 cm³/mol. The molecule has 7 nitrogen and oxygen atoms in total. The van der Waals surface area contributed by atoms with E-state index < -0.39 is 17.6 Å². The molecular weight excluding hydrogens is 552 g/mol. The summed E-state index contributed by atoms with van der Waals surface area (Å²) in [7, 11) is 1.48. The molecule has 11 heteroatoms. The Morgan fingerprint density at radius 3 is 2.56 bits per heavy atom. The van der Waals surface area contributed by atoms with Crippen LogP contribution < -0.4 is 20.2 Å². The Labute approximate surface area is 213 Å². The molecule has 34 heavy (non-hydrogen) atoms. The van der Waals surface area contributed by atoms with Crippen molar-refractivity contribution in [1.29, 1.82) is 0 Å². The fraction of sp³-hybridized carbons (Fsp3) is 0.0870. The normalized spacial score (nSPS) is 10.7. The van der Waals surface area contributed by atoms with Crippen LogP contribution in [0.25, 0.3) is 0 Å². The van der Waals surface area contributed by atoms with Crippen molar-refractivity contribution in [3.63, 3.8) is 0 Å². The van der Waals surface area contributed by atoms with Gasteiger partial charge in [-0.3, -0.25) is 9.59 Å². The number of ether oxygens (including phenoxy) is 2. The van der Waals surface area contributed by atoms with Crippen molar-refractivity contribution in [2.75, 3.05) is 12.4 Å². The first-order chi connectivity index (χ1) is 16.3. The lowest BCUT2D eigenvalue weighted by molar-refractivity contribution is -0.136. The van der Waals surface area contributed by atoms with E-state index in [1.165, 1.54) is 25.5 Å². The summed E-state index contributed by atoms with van der Waals surface area (Å²) in [5.74, 6) is -1.94. The largest absolute Gasteiger partial charge is 0.493 e. The lowest BCUT2D eigenvalue weighted by Gasteiger charge is -2.12. The van der Waals surface area contributed by atoms with Gasteiger partial charge in [0.15, 0.2) is 11.5 Å². The minimum Gasteiger partial charge on any atom is -0.493 e. The zero-order valence-electron chi connectivity index (χ0n) is 17.6. The Bertz CT molecular complexity index is 1260. The van der Waals surface area contributed by atoms with Crippen LogP contribution in [0.2, 0.25) is 10.0 Å². The highest BCUT2D eigenvalue weighted by Crippen LogP contribution is 2.30. The second-order valence-electron chi connectivity index (χ2n) is 6.71. The van der Waals surface area contributed by atoms with Crippen molar-refractivity contribution < 1.29 is 23.5 Å². The van der Waals surface area contributed by atoms with Crippen LogP contribution in [0, 0.1) is 5.82 Å². The number of carbonyl (C=O) groups excluding carboxylic acids is 2. The van der Waals surface area contributed by atoms with Crippen LogP contribution >= 0.6 is 39.1 Å². The van der Waals surface area contributed by atoms with Crippen LogP contribution in [0.4, 0.5) is 10.1 Å². The summed E-state index contributed by atoms with van der Waals surface area (Å²) in [6.45, 7) is 0.198. The molecule has 2 N–H and O–H groups in total. The average Bonchev–Trinajstić information content (AvgIpc) is 2.80. The van der Waals surface area contributed by atoms with E-state index >= 15 is 0 Å². The molecule has 3 aromatic carbocycles. The molecule has 3 rings (SSSR count). The molecule has 0 heterocycles. The van der Waals surface area contributed by atoms with Crippen molar-refractivity contribution in [2.24, 2.45) is 5.10 Å². The van der Waals surface area contributed by atoms with Crippen molar-refractivity contribution in [3.8, 4) is 11.5 Å². The molecule has 0 saturated carbocycles. The van der Waals surface area contributed by atoms with Crippen LogP contribution in [-0.2, 0) is 16.2 Å². The van der Waals surface area contributed by atoms with Crippen LogP contribution in [-0.4, -0.2) is 25.1 Å². The molecule has 0 fully saturated rings. The number of amides is 2. The van der Waals surface area contributed by atoms with Gasteiger partial charge >= 0.3 is 11.8 Å². The van der Waals surface area contributed by atoms with Gasteiger partial charge in [-0.15, -0.1) is 0 Å². The summed E-state index contributed by atoms with van der Waals surface area (Å²) in [5.41, 5.74) is 3.26. The number of hydrogen-bond acceptors (Lipinski definition) is 5. The molecule has 0 spiro atoms. The zero-order chi connectivity index (χ0) is 24.7. The van der Waals surface area contributed by atoms with Crippen molar-refractivity contribution in [2.45, 2.75) is 6.61 Å². The lowest BCUT2D eigenvalue weighted by Crippen LogP contribution is -2.32. The van der Waals surface area contributed by atoms with E-state index in [1.807, 2.05) is 0 Å². The van der Waals surface area contributed by atoms with Crippen LogP contribution in [0.3, 0.4) is 0 Å². The molecule has 0 aromatic heterocycles. The maximum Gasteiger partial charge on any atom is 0.329 e. The molecule has 0 aliphatic carbocycles. The molecular formula is C23H17BrCl2FN3O4. The molecule has 0 saturated heterocycles. The van der Waals surface area contributed by atoms with E-state index in [2.05, 4.69) is 31.8 Å². The topological polar surface area (TPSA) is 89.0 Å². The predicted octanol–water partition coefficient (Wildman–Crippen LogP) is 5.57. The molecule has 0 atom stereocenters. The minimum absolute atomic E-state index is 0.132. The van der Waals surface area contributed by atoms with Gasteiger partial charge in [-0.2, -0.15) is 5.10 Å². The standard InChI is InChI=1S/C23H17BrCl2FN3O4/c1-33-21-8-13(2-7-20(21)34-12-14-3-5-16(25)10-17(14)26)11-28-30-23(32)22(31)29-19-6-4-15(24)9-18(19)27/h2-11H,12H2,1H3,(H,29,31)(H,30,32). The number of anilines is 1. The van der Waals surface area contributed by atoms with Crippen LogP contribution in [0.1, 0.15) is 11.1 Å². The van der Waals surface area contributed by atoms with E-state index in [4.69, 9.17) is 32.7 Å².